The predicted octanol–water partition coefficient (Wildman–Crippen LogP) is 4.01. The van der Waals surface area contributed by atoms with Gasteiger partial charge in [-0.05, 0) is 37.5 Å². The normalized spacial score (nSPS) is 10.8. The average Bonchev–Trinajstić information content (AvgIpc) is 2.53. The molecular weight excluding hydrogens is 464 g/mol. The van der Waals surface area contributed by atoms with E-state index in [1.807, 2.05) is 13.0 Å². The highest BCUT2D eigenvalue weighted by Gasteiger charge is 2.03. The van der Waals surface area contributed by atoms with Gasteiger partial charge in [-0.1, -0.05) is 29.3 Å². The van der Waals surface area contributed by atoms with Crippen molar-refractivity contribution in [3.05, 3.63) is 33.8 Å². The standard InChI is InChI=1S/C16H23Cl2N3O2.HI/c1-3-19-16(20-9-5-4-6-15(22)23-2)21-11-12-7-8-13(17)10-14(12)18;/h7-8,10H,3-6,9,11H2,1-2H3,(H2,19,20,21);1H. The van der Waals surface area contributed by atoms with Crippen LogP contribution in [-0.4, -0.2) is 32.1 Å². The molecule has 0 amide bonds. The van der Waals surface area contributed by atoms with E-state index in [4.69, 9.17) is 23.2 Å². The van der Waals surface area contributed by atoms with Gasteiger partial charge < -0.3 is 15.4 Å². The van der Waals surface area contributed by atoms with Gasteiger partial charge >= 0.3 is 5.97 Å². The van der Waals surface area contributed by atoms with Crippen LogP contribution < -0.4 is 10.6 Å². The molecule has 5 nitrogen and oxygen atoms in total. The van der Waals surface area contributed by atoms with Crippen molar-refractivity contribution in [1.82, 2.24) is 10.6 Å². The van der Waals surface area contributed by atoms with Gasteiger partial charge in [-0.25, -0.2) is 4.99 Å². The van der Waals surface area contributed by atoms with Crippen LogP contribution in [0.2, 0.25) is 10.0 Å². The van der Waals surface area contributed by atoms with Gasteiger partial charge in [0.05, 0.1) is 13.7 Å². The van der Waals surface area contributed by atoms with E-state index >= 15 is 0 Å². The maximum atomic E-state index is 11.0. The summed E-state index contributed by atoms with van der Waals surface area (Å²) >= 11 is 12.0. The number of hydrogen-bond donors (Lipinski definition) is 2. The Morgan fingerprint density at radius 2 is 2.00 bits per heavy atom. The number of nitrogens with one attached hydrogen (secondary N) is 2. The number of halogens is 3. The van der Waals surface area contributed by atoms with E-state index in [-0.39, 0.29) is 29.9 Å². The zero-order valence-corrected chi connectivity index (χ0v) is 17.7. The number of methoxy groups -OCH3 is 1. The van der Waals surface area contributed by atoms with Gasteiger partial charge in [-0.15, -0.1) is 24.0 Å². The number of benzene rings is 1. The second kappa shape index (κ2) is 13.5. The number of carbonyl (C=O) groups is 1. The van der Waals surface area contributed by atoms with Crippen LogP contribution in [0.4, 0.5) is 0 Å². The maximum absolute atomic E-state index is 11.0. The Kier molecular flexibility index (Phi) is 13.1. The van der Waals surface area contributed by atoms with Crippen molar-refractivity contribution in [3.63, 3.8) is 0 Å². The number of ether oxygens (including phenoxy) is 1. The van der Waals surface area contributed by atoms with Gasteiger partial charge in [0.15, 0.2) is 5.96 Å². The molecule has 0 aromatic heterocycles. The van der Waals surface area contributed by atoms with E-state index in [0.29, 0.717) is 23.0 Å². The van der Waals surface area contributed by atoms with Crippen LogP contribution in [0.3, 0.4) is 0 Å². The molecule has 24 heavy (non-hydrogen) atoms. The van der Waals surface area contributed by atoms with E-state index < -0.39 is 0 Å². The molecule has 0 saturated heterocycles. The summed E-state index contributed by atoms with van der Waals surface area (Å²) in [5, 5.41) is 7.62. The van der Waals surface area contributed by atoms with Crippen LogP contribution in [-0.2, 0) is 16.1 Å². The summed E-state index contributed by atoms with van der Waals surface area (Å²) in [5.41, 5.74) is 0.916. The molecule has 1 aromatic rings. The summed E-state index contributed by atoms with van der Waals surface area (Å²) in [4.78, 5) is 15.5. The van der Waals surface area contributed by atoms with Gasteiger partial charge in [-0.2, -0.15) is 0 Å². The summed E-state index contributed by atoms with van der Waals surface area (Å²) in [6.45, 7) is 3.97. The van der Waals surface area contributed by atoms with Crippen molar-refractivity contribution in [2.75, 3.05) is 20.2 Å². The maximum Gasteiger partial charge on any atom is 0.305 e. The molecule has 0 aliphatic carbocycles. The summed E-state index contributed by atoms with van der Waals surface area (Å²) in [6.07, 6.45) is 2.08. The molecular formula is C16H24Cl2IN3O2. The topological polar surface area (TPSA) is 62.7 Å². The van der Waals surface area contributed by atoms with Gasteiger partial charge in [0.25, 0.3) is 0 Å². The second-order valence-corrected chi connectivity index (χ2v) is 5.73. The number of carbonyl (C=O) groups excluding carboxylic acids is 1. The van der Waals surface area contributed by atoms with Crippen molar-refractivity contribution in [3.8, 4) is 0 Å². The molecule has 0 bridgehead atoms. The minimum Gasteiger partial charge on any atom is -0.469 e. The SMILES string of the molecule is CCNC(=NCc1ccc(Cl)cc1Cl)NCCCCC(=O)OC.I. The molecule has 0 aliphatic rings. The molecule has 2 N–H and O–H groups in total. The minimum absolute atomic E-state index is 0. The third kappa shape index (κ3) is 9.54. The fraction of sp³-hybridized carbons (Fsp3) is 0.500. The van der Waals surface area contributed by atoms with Crippen molar-refractivity contribution in [2.24, 2.45) is 4.99 Å². The summed E-state index contributed by atoms with van der Waals surface area (Å²) in [6, 6.07) is 5.38. The summed E-state index contributed by atoms with van der Waals surface area (Å²) in [7, 11) is 1.40. The number of unbranched alkanes of at least 4 members (excludes halogenated alkanes) is 1. The molecule has 0 radical (unpaired) electrons. The van der Waals surface area contributed by atoms with Crippen LogP contribution in [0.15, 0.2) is 23.2 Å². The van der Waals surface area contributed by atoms with Crippen LogP contribution in [0, 0.1) is 0 Å². The number of guanidine groups is 1. The Balaban J connectivity index is 0.00000529. The molecule has 1 rings (SSSR count). The predicted molar refractivity (Wildman–Crippen MR) is 111 cm³/mol. The third-order valence-electron chi connectivity index (χ3n) is 3.09. The molecule has 8 heteroatoms. The molecule has 0 atom stereocenters. The Morgan fingerprint density at radius 3 is 2.62 bits per heavy atom. The Labute approximate surface area is 170 Å². The molecule has 0 aliphatic heterocycles. The quantitative estimate of drug-likeness (QED) is 0.191. The van der Waals surface area contributed by atoms with Gasteiger partial charge in [-0.3, -0.25) is 4.79 Å². The zero-order valence-electron chi connectivity index (χ0n) is 13.9. The first-order chi connectivity index (χ1) is 11.1. The lowest BCUT2D eigenvalue weighted by molar-refractivity contribution is -0.140. The monoisotopic (exact) mass is 487 g/mol. The number of aliphatic imine (C=N–C) groups is 1. The van der Waals surface area contributed by atoms with Crippen molar-refractivity contribution in [1.29, 1.82) is 0 Å². The first-order valence-corrected chi connectivity index (χ1v) is 8.35. The lowest BCUT2D eigenvalue weighted by Crippen LogP contribution is -2.37. The van der Waals surface area contributed by atoms with Crippen LogP contribution >= 0.6 is 47.2 Å². The van der Waals surface area contributed by atoms with Crippen LogP contribution in [0.25, 0.3) is 0 Å². The molecule has 1 aromatic carbocycles. The van der Waals surface area contributed by atoms with E-state index in [2.05, 4.69) is 20.4 Å². The van der Waals surface area contributed by atoms with Gasteiger partial charge in [0, 0.05) is 29.6 Å². The van der Waals surface area contributed by atoms with Crippen LogP contribution in [0.1, 0.15) is 31.7 Å². The average molecular weight is 488 g/mol. The van der Waals surface area contributed by atoms with Crippen molar-refractivity contribution >= 4 is 59.1 Å². The number of nitrogens with zero attached hydrogens (tertiary/aromatic N) is 1. The molecule has 0 fully saturated rings. The minimum atomic E-state index is -0.178. The fourth-order valence-corrected chi connectivity index (χ4v) is 2.33. The molecule has 0 unspecified atom stereocenters. The number of esters is 1. The zero-order chi connectivity index (χ0) is 17.1. The first kappa shape index (κ1) is 23.3. The summed E-state index contributed by atoms with van der Waals surface area (Å²) in [5.74, 6) is 0.541. The number of hydrogen-bond acceptors (Lipinski definition) is 3. The van der Waals surface area contributed by atoms with Gasteiger partial charge in [0.1, 0.15) is 0 Å². The molecule has 0 spiro atoms. The first-order valence-electron chi connectivity index (χ1n) is 7.59. The highest BCUT2D eigenvalue weighted by atomic mass is 127. The Hall–Kier alpha value is -0.730. The highest BCUT2D eigenvalue weighted by molar-refractivity contribution is 14.0. The molecule has 0 heterocycles. The summed E-state index contributed by atoms with van der Waals surface area (Å²) < 4.78 is 4.61. The molecule has 136 valence electrons. The van der Waals surface area contributed by atoms with E-state index in [9.17, 15) is 4.79 Å². The van der Waals surface area contributed by atoms with E-state index in [1.54, 1.807) is 12.1 Å². The fourth-order valence-electron chi connectivity index (χ4n) is 1.86. The smallest absolute Gasteiger partial charge is 0.305 e. The third-order valence-corrected chi connectivity index (χ3v) is 3.68. The largest absolute Gasteiger partial charge is 0.469 e. The highest BCUT2D eigenvalue weighted by Crippen LogP contribution is 2.21. The van der Waals surface area contributed by atoms with Crippen molar-refractivity contribution < 1.29 is 9.53 Å². The molecule has 0 saturated carbocycles. The lowest BCUT2D eigenvalue weighted by Gasteiger charge is -2.11. The Bertz CT molecular complexity index is 542. The van der Waals surface area contributed by atoms with Crippen molar-refractivity contribution in [2.45, 2.75) is 32.7 Å². The lowest BCUT2D eigenvalue weighted by atomic mass is 10.2. The second-order valence-electron chi connectivity index (χ2n) is 4.89. The number of rotatable bonds is 8. The van der Waals surface area contributed by atoms with Crippen LogP contribution in [0.5, 0.6) is 0 Å². The Morgan fingerprint density at radius 1 is 1.25 bits per heavy atom. The van der Waals surface area contributed by atoms with Gasteiger partial charge in [0.2, 0.25) is 0 Å². The van der Waals surface area contributed by atoms with E-state index in [1.165, 1.54) is 7.11 Å². The van der Waals surface area contributed by atoms with E-state index in [0.717, 1.165) is 37.5 Å².